The van der Waals surface area contributed by atoms with Crippen LogP contribution in [0.1, 0.15) is 11.4 Å². The second-order valence-electron chi connectivity index (χ2n) is 3.04. The van der Waals surface area contributed by atoms with Gasteiger partial charge in [0.25, 0.3) is 0 Å². The van der Waals surface area contributed by atoms with Gasteiger partial charge < -0.3 is 4.57 Å². The number of aromatic nitrogens is 3. The Hall–Kier alpha value is -1.64. The largest absolute Gasteiger partial charge is 0.305 e. The van der Waals surface area contributed by atoms with Gasteiger partial charge >= 0.3 is 0 Å². The van der Waals surface area contributed by atoms with Crippen molar-refractivity contribution in [2.24, 2.45) is 0 Å². The van der Waals surface area contributed by atoms with Crippen LogP contribution >= 0.6 is 0 Å². The number of aryl methyl sites for hydroxylation is 2. The SMILES string of the molecule is Cc1cnc(-n2cccc2C)cn1. The van der Waals surface area contributed by atoms with E-state index in [0.29, 0.717) is 0 Å². The third-order valence-electron chi connectivity index (χ3n) is 1.97. The molecule has 0 aromatic carbocycles. The Labute approximate surface area is 77.1 Å². The fourth-order valence-corrected chi connectivity index (χ4v) is 1.23. The molecule has 0 aliphatic heterocycles. The second-order valence-corrected chi connectivity index (χ2v) is 3.04. The molecule has 0 aliphatic carbocycles. The summed E-state index contributed by atoms with van der Waals surface area (Å²) in [6.45, 7) is 3.97. The maximum atomic E-state index is 4.28. The van der Waals surface area contributed by atoms with Crippen LogP contribution in [-0.2, 0) is 0 Å². The first-order valence-electron chi connectivity index (χ1n) is 4.20. The molecule has 0 amide bonds. The number of rotatable bonds is 1. The molecule has 3 heteroatoms. The van der Waals surface area contributed by atoms with Gasteiger partial charge in [-0.25, -0.2) is 4.98 Å². The van der Waals surface area contributed by atoms with Crippen LogP contribution in [0.5, 0.6) is 0 Å². The van der Waals surface area contributed by atoms with Gasteiger partial charge in [0, 0.05) is 11.9 Å². The summed E-state index contributed by atoms with van der Waals surface area (Å²) in [4.78, 5) is 8.47. The van der Waals surface area contributed by atoms with Gasteiger partial charge in [-0.2, -0.15) is 0 Å². The van der Waals surface area contributed by atoms with E-state index in [0.717, 1.165) is 17.2 Å². The fourth-order valence-electron chi connectivity index (χ4n) is 1.23. The Morgan fingerprint density at radius 3 is 2.54 bits per heavy atom. The van der Waals surface area contributed by atoms with Crippen molar-refractivity contribution in [3.05, 3.63) is 42.1 Å². The van der Waals surface area contributed by atoms with Crippen molar-refractivity contribution in [3.8, 4) is 5.82 Å². The maximum absolute atomic E-state index is 4.28. The van der Waals surface area contributed by atoms with Gasteiger partial charge in [0.15, 0.2) is 5.82 Å². The smallest absolute Gasteiger partial charge is 0.155 e. The molecule has 0 atom stereocenters. The van der Waals surface area contributed by atoms with E-state index in [2.05, 4.69) is 9.97 Å². The minimum atomic E-state index is 0.869. The molecule has 0 fully saturated rings. The summed E-state index contributed by atoms with van der Waals surface area (Å²) < 4.78 is 2.01. The Kier molecular flexibility index (Phi) is 1.85. The van der Waals surface area contributed by atoms with Crippen LogP contribution in [0.25, 0.3) is 5.82 Å². The molecular weight excluding hydrogens is 162 g/mol. The topological polar surface area (TPSA) is 30.7 Å². The molecule has 0 unspecified atom stereocenters. The van der Waals surface area contributed by atoms with Crippen LogP contribution in [0.2, 0.25) is 0 Å². The van der Waals surface area contributed by atoms with Crippen LogP contribution in [0, 0.1) is 13.8 Å². The van der Waals surface area contributed by atoms with E-state index in [9.17, 15) is 0 Å². The van der Waals surface area contributed by atoms with Gasteiger partial charge in [-0.3, -0.25) is 4.98 Å². The Morgan fingerprint density at radius 1 is 1.15 bits per heavy atom. The van der Waals surface area contributed by atoms with Gasteiger partial charge in [0.1, 0.15) is 0 Å². The zero-order valence-corrected chi connectivity index (χ0v) is 7.73. The average Bonchev–Trinajstić information content (AvgIpc) is 2.53. The molecule has 2 aromatic rings. The van der Waals surface area contributed by atoms with E-state index >= 15 is 0 Å². The molecule has 2 aromatic heterocycles. The Bertz CT molecular complexity index is 400. The van der Waals surface area contributed by atoms with Crippen LogP contribution in [0.3, 0.4) is 0 Å². The second kappa shape index (κ2) is 3.01. The summed E-state index contributed by atoms with van der Waals surface area (Å²) in [6, 6.07) is 4.04. The van der Waals surface area contributed by atoms with Crippen molar-refractivity contribution in [2.45, 2.75) is 13.8 Å². The number of nitrogens with zero attached hydrogens (tertiary/aromatic N) is 3. The van der Waals surface area contributed by atoms with E-state index in [1.165, 1.54) is 0 Å². The van der Waals surface area contributed by atoms with E-state index in [1.807, 2.05) is 36.7 Å². The van der Waals surface area contributed by atoms with Crippen molar-refractivity contribution in [1.82, 2.24) is 14.5 Å². The number of hydrogen-bond donors (Lipinski definition) is 0. The lowest BCUT2D eigenvalue weighted by Crippen LogP contribution is -1.98. The standard InChI is InChI=1S/C10H11N3/c1-8-6-12-10(7-11-8)13-5-3-4-9(13)2/h3-7H,1-2H3. The minimum absolute atomic E-state index is 0.869. The highest BCUT2D eigenvalue weighted by atomic mass is 15.1. The zero-order valence-electron chi connectivity index (χ0n) is 7.73. The Morgan fingerprint density at radius 2 is 2.00 bits per heavy atom. The zero-order chi connectivity index (χ0) is 9.26. The molecule has 0 saturated heterocycles. The first kappa shape index (κ1) is 7.98. The van der Waals surface area contributed by atoms with Crippen molar-refractivity contribution in [2.75, 3.05) is 0 Å². The maximum Gasteiger partial charge on any atom is 0.155 e. The van der Waals surface area contributed by atoms with Crippen molar-refractivity contribution < 1.29 is 0 Å². The lowest BCUT2D eigenvalue weighted by molar-refractivity contribution is 0.933. The van der Waals surface area contributed by atoms with Crippen molar-refractivity contribution >= 4 is 0 Å². The highest BCUT2D eigenvalue weighted by Gasteiger charge is 1.99. The molecule has 3 nitrogen and oxygen atoms in total. The quantitative estimate of drug-likeness (QED) is 0.659. The third-order valence-corrected chi connectivity index (χ3v) is 1.97. The minimum Gasteiger partial charge on any atom is -0.305 e. The molecule has 0 spiro atoms. The molecule has 13 heavy (non-hydrogen) atoms. The average molecular weight is 173 g/mol. The highest BCUT2D eigenvalue weighted by molar-refractivity contribution is 5.24. The van der Waals surface area contributed by atoms with E-state index < -0.39 is 0 Å². The molecule has 0 saturated carbocycles. The van der Waals surface area contributed by atoms with Gasteiger partial charge in [0.2, 0.25) is 0 Å². The third kappa shape index (κ3) is 1.45. The first-order valence-corrected chi connectivity index (χ1v) is 4.20. The highest BCUT2D eigenvalue weighted by Crippen LogP contribution is 2.07. The predicted octanol–water partition coefficient (Wildman–Crippen LogP) is 1.88. The van der Waals surface area contributed by atoms with E-state index in [-0.39, 0.29) is 0 Å². The molecule has 0 radical (unpaired) electrons. The monoisotopic (exact) mass is 173 g/mol. The van der Waals surface area contributed by atoms with Crippen LogP contribution in [-0.4, -0.2) is 14.5 Å². The molecule has 0 N–H and O–H groups in total. The summed E-state index contributed by atoms with van der Waals surface area (Å²) in [7, 11) is 0. The molecule has 66 valence electrons. The Balaban J connectivity index is 2.47. The normalized spacial score (nSPS) is 10.3. The van der Waals surface area contributed by atoms with Gasteiger partial charge in [-0.15, -0.1) is 0 Å². The fraction of sp³-hybridized carbons (Fsp3) is 0.200. The lowest BCUT2D eigenvalue weighted by atomic mass is 10.5. The molecule has 2 rings (SSSR count). The van der Waals surface area contributed by atoms with Crippen molar-refractivity contribution in [3.63, 3.8) is 0 Å². The lowest BCUT2D eigenvalue weighted by Gasteiger charge is -2.03. The van der Waals surface area contributed by atoms with E-state index in [4.69, 9.17) is 0 Å². The van der Waals surface area contributed by atoms with Crippen molar-refractivity contribution in [1.29, 1.82) is 0 Å². The predicted molar refractivity (Wildman–Crippen MR) is 50.8 cm³/mol. The number of hydrogen-bond acceptors (Lipinski definition) is 2. The molecule has 0 bridgehead atoms. The first-order chi connectivity index (χ1) is 6.27. The summed E-state index contributed by atoms with van der Waals surface area (Å²) in [5, 5.41) is 0. The van der Waals surface area contributed by atoms with Crippen LogP contribution < -0.4 is 0 Å². The van der Waals surface area contributed by atoms with E-state index in [1.54, 1.807) is 12.4 Å². The summed E-state index contributed by atoms with van der Waals surface area (Å²) in [5.41, 5.74) is 2.10. The molecular formula is C10H11N3. The summed E-state index contributed by atoms with van der Waals surface area (Å²) >= 11 is 0. The van der Waals surface area contributed by atoms with Gasteiger partial charge in [0.05, 0.1) is 18.1 Å². The van der Waals surface area contributed by atoms with Gasteiger partial charge in [-0.05, 0) is 26.0 Å². The van der Waals surface area contributed by atoms with Crippen LogP contribution in [0.4, 0.5) is 0 Å². The van der Waals surface area contributed by atoms with Crippen LogP contribution in [0.15, 0.2) is 30.7 Å². The van der Waals surface area contributed by atoms with Gasteiger partial charge in [-0.1, -0.05) is 0 Å². The summed E-state index contributed by atoms with van der Waals surface area (Å²) in [6.07, 6.45) is 5.53. The molecule has 2 heterocycles. The summed E-state index contributed by atoms with van der Waals surface area (Å²) in [5.74, 6) is 0.869. The molecule has 0 aliphatic rings.